The van der Waals surface area contributed by atoms with E-state index in [2.05, 4.69) is 0 Å². The number of rotatable bonds is 6. The third-order valence-corrected chi connectivity index (χ3v) is 6.62. The average Bonchev–Trinajstić information content (AvgIpc) is 3.55. The molecular formula is C28H26F3N3O2. The summed E-state index contributed by atoms with van der Waals surface area (Å²) in [5, 5.41) is 0. The Morgan fingerprint density at radius 1 is 0.972 bits per heavy atom. The first-order valence-electron chi connectivity index (χ1n) is 11.9. The van der Waals surface area contributed by atoms with Crippen molar-refractivity contribution in [2.75, 3.05) is 20.2 Å². The SMILES string of the molecule is COc1cccc(-c2nc3ccc(-c4cccc(C(F)(F)F)c4)cn3c2CCC(=O)N2CCCC2)c1. The van der Waals surface area contributed by atoms with Crippen molar-refractivity contribution >= 4 is 11.6 Å². The van der Waals surface area contributed by atoms with Crippen molar-refractivity contribution < 1.29 is 22.7 Å². The molecule has 0 spiro atoms. The minimum absolute atomic E-state index is 0.105. The van der Waals surface area contributed by atoms with Gasteiger partial charge in [0.1, 0.15) is 11.4 Å². The first-order valence-corrected chi connectivity index (χ1v) is 11.9. The minimum atomic E-state index is -4.42. The predicted octanol–water partition coefficient (Wildman–Crippen LogP) is 6.25. The maximum absolute atomic E-state index is 13.3. The number of pyridine rings is 1. The molecule has 0 unspecified atom stereocenters. The van der Waals surface area contributed by atoms with Crippen LogP contribution in [0.25, 0.3) is 28.0 Å². The van der Waals surface area contributed by atoms with Gasteiger partial charge < -0.3 is 14.0 Å². The molecule has 5 rings (SSSR count). The van der Waals surface area contributed by atoms with Crippen LogP contribution in [0.4, 0.5) is 13.2 Å². The summed E-state index contributed by atoms with van der Waals surface area (Å²) in [6, 6.07) is 16.4. The normalized spacial score (nSPS) is 13.9. The van der Waals surface area contributed by atoms with Crippen LogP contribution in [0.15, 0.2) is 66.9 Å². The predicted molar refractivity (Wildman–Crippen MR) is 132 cm³/mol. The number of nitrogens with zero attached hydrogens (tertiary/aromatic N) is 3. The zero-order chi connectivity index (χ0) is 25.3. The van der Waals surface area contributed by atoms with Gasteiger partial charge in [-0.25, -0.2) is 4.98 Å². The highest BCUT2D eigenvalue weighted by atomic mass is 19.4. The van der Waals surface area contributed by atoms with Crippen LogP contribution < -0.4 is 4.74 Å². The van der Waals surface area contributed by atoms with Crippen LogP contribution >= 0.6 is 0 Å². The van der Waals surface area contributed by atoms with Gasteiger partial charge in [-0.15, -0.1) is 0 Å². The Morgan fingerprint density at radius 3 is 2.47 bits per heavy atom. The maximum atomic E-state index is 13.3. The van der Waals surface area contributed by atoms with Crippen molar-refractivity contribution in [3.63, 3.8) is 0 Å². The fourth-order valence-electron chi connectivity index (χ4n) is 4.73. The highest BCUT2D eigenvalue weighted by Gasteiger charge is 2.30. The first kappa shape index (κ1) is 23.9. The van der Waals surface area contributed by atoms with Crippen molar-refractivity contribution in [3.8, 4) is 28.1 Å². The number of likely N-dealkylation sites (tertiary alicyclic amines) is 1. The van der Waals surface area contributed by atoms with Gasteiger partial charge in [-0.2, -0.15) is 13.2 Å². The van der Waals surface area contributed by atoms with Crippen LogP contribution in [-0.4, -0.2) is 40.4 Å². The maximum Gasteiger partial charge on any atom is 0.416 e. The number of benzene rings is 2. The number of carbonyl (C=O) groups excluding carboxylic acids is 1. The van der Waals surface area contributed by atoms with Gasteiger partial charge in [-0.05, 0) is 66.8 Å². The number of aryl methyl sites for hydroxylation is 1. The van der Waals surface area contributed by atoms with E-state index >= 15 is 0 Å². The molecule has 0 saturated carbocycles. The summed E-state index contributed by atoms with van der Waals surface area (Å²) in [6.07, 6.45) is 0.216. The summed E-state index contributed by atoms with van der Waals surface area (Å²) in [6.45, 7) is 1.57. The fourth-order valence-corrected chi connectivity index (χ4v) is 4.73. The van der Waals surface area contributed by atoms with E-state index in [9.17, 15) is 18.0 Å². The first-order chi connectivity index (χ1) is 17.3. The Kier molecular flexibility index (Phi) is 6.43. The molecule has 0 radical (unpaired) electrons. The molecule has 1 fully saturated rings. The highest BCUT2D eigenvalue weighted by molar-refractivity contribution is 5.78. The van der Waals surface area contributed by atoms with E-state index in [0.29, 0.717) is 35.4 Å². The molecule has 0 N–H and O–H groups in total. The van der Waals surface area contributed by atoms with Crippen LogP contribution in [0.3, 0.4) is 0 Å². The number of alkyl halides is 3. The molecule has 1 aliphatic rings. The number of imidazole rings is 1. The van der Waals surface area contributed by atoms with Gasteiger partial charge in [0.15, 0.2) is 0 Å². The van der Waals surface area contributed by atoms with E-state index in [4.69, 9.17) is 9.72 Å². The van der Waals surface area contributed by atoms with Crippen molar-refractivity contribution in [2.45, 2.75) is 31.9 Å². The Balaban J connectivity index is 1.58. The molecule has 0 atom stereocenters. The smallest absolute Gasteiger partial charge is 0.416 e. The van der Waals surface area contributed by atoms with E-state index in [1.807, 2.05) is 33.6 Å². The number of hydrogen-bond donors (Lipinski definition) is 0. The molecule has 36 heavy (non-hydrogen) atoms. The number of ether oxygens (including phenoxy) is 1. The summed E-state index contributed by atoms with van der Waals surface area (Å²) in [5.41, 5.74) is 3.47. The molecule has 1 saturated heterocycles. The van der Waals surface area contributed by atoms with Crippen molar-refractivity contribution in [1.82, 2.24) is 14.3 Å². The second-order valence-electron chi connectivity index (χ2n) is 8.95. The third-order valence-electron chi connectivity index (χ3n) is 6.62. The monoisotopic (exact) mass is 493 g/mol. The zero-order valence-corrected chi connectivity index (χ0v) is 19.9. The van der Waals surface area contributed by atoms with Crippen LogP contribution in [0.1, 0.15) is 30.5 Å². The molecule has 2 aromatic carbocycles. The summed E-state index contributed by atoms with van der Waals surface area (Å²) in [7, 11) is 1.60. The Labute approximate surface area is 207 Å². The number of fused-ring (bicyclic) bond motifs is 1. The van der Waals surface area contributed by atoms with E-state index < -0.39 is 11.7 Å². The summed E-state index contributed by atoms with van der Waals surface area (Å²) >= 11 is 0. The lowest BCUT2D eigenvalue weighted by molar-refractivity contribution is -0.137. The molecule has 186 valence electrons. The topological polar surface area (TPSA) is 46.8 Å². The van der Waals surface area contributed by atoms with Gasteiger partial charge in [-0.1, -0.05) is 24.3 Å². The molecule has 1 aliphatic heterocycles. The molecule has 4 aromatic rings. The van der Waals surface area contributed by atoms with E-state index in [1.165, 1.54) is 6.07 Å². The average molecular weight is 494 g/mol. The summed E-state index contributed by atoms with van der Waals surface area (Å²) in [5.74, 6) is 0.793. The van der Waals surface area contributed by atoms with Crippen molar-refractivity contribution in [2.24, 2.45) is 0 Å². The molecule has 2 aromatic heterocycles. The lowest BCUT2D eigenvalue weighted by atomic mass is 10.0. The van der Waals surface area contributed by atoms with Gasteiger partial charge >= 0.3 is 6.18 Å². The van der Waals surface area contributed by atoms with Gasteiger partial charge in [0.05, 0.1) is 24.1 Å². The van der Waals surface area contributed by atoms with E-state index in [-0.39, 0.29) is 5.91 Å². The summed E-state index contributed by atoms with van der Waals surface area (Å²) < 4.78 is 47.2. The number of hydrogen-bond acceptors (Lipinski definition) is 3. The van der Waals surface area contributed by atoms with Crippen LogP contribution in [0.2, 0.25) is 0 Å². The molecule has 0 bridgehead atoms. The molecule has 8 heteroatoms. The summed E-state index contributed by atoms with van der Waals surface area (Å²) in [4.78, 5) is 19.5. The molecule has 5 nitrogen and oxygen atoms in total. The fraction of sp³-hybridized carbons (Fsp3) is 0.286. The lowest BCUT2D eigenvalue weighted by Crippen LogP contribution is -2.27. The van der Waals surface area contributed by atoms with Crippen LogP contribution in [0.5, 0.6) is 5.75 Å². The van der Waals surface area contributed by atoms with Gasteiger partial charge in [-0.3, -0.25) is 4.79 Å². The zero-order valence-electron chi connectivity index (χ0n) is 19.9. The molecule has 3 heterocycles. The van der Waals surface area contributed by atoms with Crippen LogP contribution in [0, 0.1) is 0 Å². The van der Waals surface area contributed by atoms with E-state index in [1.54, 1.807) is 31.5 Å². The Morgan fingerprint density at radius 2 is 1.72 bits per heavy atom. The quantitative estimate of drug-likeness (QED) is 0.319. The van der Waals surface area contributed by atoms with Crippen molar-refractivity contribution in [3.05, 3.63) is 78.1 Å². The number of halogens is 3. The number of carbonyl (C=O) groups is 1. The van der Waals surface area contributed by atoms with Gasteiger partial charge in [0.2, 0.25) is 5.91 Å². The van der Waals surface area contributed by atoms with Gasteiger partial charge in [0.25, 0.3) is 0 Å². The number of methoxy groups -OCH3 is 1. The number of amides is 1. The largest absolute Gasteiger partial charge is 0.497 e. The third kappa shape index (κ3) is 4.80. The van der Waals surface area contributed by atoms with Gasteiger partial charge in [0, 0.05) is 31.3 Å². The Hall–Kier alpha value is -3.81. The second-order valence-corrected chi connectivity index (χ2v) is 8.95. The van der Waals surface area contributed by atoms with Crippen LogP contribution in [-0.2, 0) is 17.4 Å². The number of aromatic nitrogens is 2. The van der Waals surface area contributed by atoms with Crippen molar-refractivity contribution in [1.29, 1.82) is 0 Å². The molecule has 0 aliphatic carbocycles. The molecular weight excluding hydrogens is 467 g/mol. The Bertz CT molecular complexity index is 1400. The highest BCUT2D eigenvalue weighted by Crippen LogP contribution is 2.34. The lowest BCUT2D eigenvalue weighted by Gasteiger charge is -2.15. The minimum Gasteiger partial charge on any atom is -0.497 e. The second kappa shape index (κ2) is 9.68. The standard InChI is InChI=1S/C28H26F3N3O2/c1-36-23-9-5-7-20(17-23)27-24(11-13-26(35)33-14-2-3-15-33)34-18-21(10-12-25(34)32-27)19-6-4-8-22(16-19)28(29,30)31/h4-10,12,16-18H,2-3,11,13-15H2,1H3. The van der Waals surface area contributed by atoms with E-state index in [0.717, 1.165) is 55.0 Å². The molecule has 1 amide bonds.